The van der Waals surface area contributed by atoms with E-state index in [1.807, 2.05) is 6.07 Å². The van der Waals surface area contributed by atoms with Crippen LogP contribution in [0.15, 0.2) is 12.1 Å². The van der Waals surface area contributed by atoms with E-state index in [4.69, 9.17) is 14.5 Å². The molecule has 5 nitrogen and oxygen atoms in total. The minimum absolute atomic E-state index is 0.403. The molecular formula is C21H28FN3O2. The molecule has 1 fully saturated rings. The summed E-state index contributed by atoms with van der Waals surface area (Å²) in [6.45, 7) is 4.73. The molecule has 1 aliphatic carbocycles. The molecule has 0 bridgehead atoms. The molecule has 2 heterocycles. The van der Waals surface area contributed by atoms with Gasteiger partial charge in [0.1, 0.15) is 0 Å². The van der Waals surface area contributed by atoms with E-state index in [1.54, 1.807) is 13.2 Å². The number of rotatable bonds is 6. The first kappa shape index (κ1) is 18.3. The number of hydrogen-bond acceptors (Lipinski definition) is 5. The second-order valence-corrected chi connectivity index (χ2v) is 7.39. The molecule has 1 aliphatic heterocycles. The fraction of sp³-hybridized carbons (Fsp3) is 0.571. The maximum Gasteiger partial charge on any atom is 0.228 e. The summed E-state index contributed by atoms with van der Waals surface area (Å²) in [5, 5.41) is 4.87. The number of benzene rings is 1. The third-order valence-electron chi connectivity index (χ3n) is 5.89. The number of anilines is 1. The topological polar surface area (TPSA) is 46.6 Å². The zero-order valence-corrected chi connectivity index (χ0v) is 16.2. The Morgan fingerprint density at radius 1 is 1.22 bits per heavy atom. The summed E-state index contributed by atoms with van der Waals surface area (Å²) in [5.41, 5.74) is 4.52. The predicted molar refractivity (Wildman–Crippen MR) is 106 cm³/mol. The van der Waals surface area contributed by atoms with Crippen molar-refractivity contribution in [2.24, 2.45) is 0 Å². The van der Waals surface area contributed by atoms with E-state index < -0.39 is 6.86 Å². The average molecular weight is 373 g/mol. The number of piperidine rings is 1. The highest BCUT2D eigenvalue weighted by Crippen LogP contribution is 2.40. The number of hydrogen-bond donors (Lipinski definition) is 1. The molecule has 27 heavy (non-hydrogen) atoms. The van der Waals surface area contributed by atoms with Crippen LogP contribution in [0.3, 0.4) is 0 Å². The first-order valence-electron chi connectivity index (χ1n) is 9.94. The summed E-state index contributed by atoms with van der Waals surface area (Å²) in [6.07, 6.45) is 5.48. The number of halogens is 1. The maximum absolute atomic E-state index is 12.7. The summed E-state index contributed by atoms with van der Waals surface area (Å²) < 4.78 is 23.3. The third-order valence-corrected chi connectivity index (χ3v) is 5.89. The first-order valence-corrected chi connectivity index (χ1v) is 9.94. The van der Waals surface area contributed by atoms with Gasteiger partial charge >= 0.3 is 0 Å². The summed E-state index contributed by atoms with van der Waals surface area (Å²) >= 11 is 0. The van der Waals surface area contributed by atoms with E-state index in [-0.39, 0.29) is 0 Å². The van der Waals surface area contributed by atoms with Crippen LogP contribution in [0.2, 0.25) is 0 Å². The number of aryl methyl sites for hydroxylation is 1. The highest BCUT2D eigenvalue weighted by molar-refractivity contribution is 5.96. The van der Waals surface area contributed by atoms with E-state index >= 15 is 0 Å². The van der Waals surface area contributed by atoms with Crippen LogP contribution >= 0.6 is 0 Å². The molecule has 0 saturated carbocycles. The van der Waals surface area contributed by atoms with Gasteiger partial charge in [-0.1, -0.05) is 6.92 Å². The Hall–Kier alpha value is -2.08. The number of fused-ring (bicyclic) bond motifs is 2. The van der Waals surface area contributed by atoms with Crippen LogP contribution in [0.1, 0.15) is 37.4 Å². The Morgan fingerprint density at radius 3 is 2.74 bits per heavy atom. The lowest BCUT2D eigenvalue weighted by Crippen LogP contribution is -2.39. The number of alkyl halides is 1. The Balaban J connectivity index is 1.73. The zero-order chi connectivity index (χ0) is 18.8. The molecule has 146 valence electrons. The normalized spacial score (nSPS) is 17.9. The van der Waals surface area contributed by atoms with Crippen molar-refractivity contribution in [1.82, 2.24) is 9.88 Å². The Morgan fingerprint density at radius 2 is 2.04 bits per heavy atom. The van der Waals surface area contributed by atoms with Crippen molar-refractivity contribution in [2.75, 3.05) is 38.9 Å². The fourth-order valence-corrected chi connectivity index (χ4v) is 4.36. The molecule has 1 aromatic heterocycles. The molecule has 0 unspecified atom stereocenters. The van der Waals surface area contributed by atoms with Gasteiger partial charge in [-0.3, -0.25) is 4.98 Å². The number of pyridine rings is 1. The van der Waals surface area contributed by atoms with Crippen LogP contribution in [0, 0.1) is 0 Å². The van der Waals surface area contributed by atoms with Crippen LogP contribution < -0.4 is 14.8 Å². The van der Waals surface area contributed by atoms with Gasteiger partial charge in [-0.25, -0.2) is 4.39 Å². The largest absolute Gasteiger partial charge is 0.493 e. The van der Waals surface area contributed by atoms with E-state index in [1.165, 1.54) is 11.3 Å². The second kappa shape index (κ2) is 7.89. The summed E-state index contributed by atoms with van der Waals surface area (Å²) in [4.78, 5) is 7.34. The van der Waals surface area contributed by atoms with Crippen molar-refractivity contribution < 1.29 is 13.9 Å². The predicted octanol–water partition coefficient (Wildman–Crippen LogP) is 3.93. The summed E-state index contributed by atoms with van der Waals surface area (Å²) in [5.74, 6) is 0.948. The van der Waals surface area contributed by atoms with Crippen molar-refractivity contribution in [3.8, 4) is 11.5 Å². The fourth-order valence-electron chi connectivity index (χ4n) is 4.36. The molecule has 1 N–H and O–H groups in total. The Labute approximate surface area is 159 Å². The molecular weight excluding hydrogens is 345 g/mol. The van der Waals surface area contributed by atoms with Crippen LogP contribution in [0.5, 0.6) is 11.5 Å². The van der Waals surface area contributed by atoms with Gasteiger partial charge in [0, 0.05) is 42.0 Å². The molecule has 2 aromatic rings. The molecule has 4 rings (SSSR count). The standard InChI is InChI=1S/C21H28FN3O2/c1-3-25-9-7-14(8-10-25)23-21-15-5-4-6-17(15)24-18-12-20(27-13-22)19(26-2)11-16(18)21/h11-12,14H,3-10,13H2,1-2H3,(H,23,24). The highest BCUT2D eigenvalue weighted by atomic mass is 19.1. The van der Waals surface area contributed by atoms with E-state index in [0.29, 0.717) is 17.5 Å². The number of nitrogens with zero attached hydrogens (tertiary/aromatic N) is 2. The molecule has 0 spiro atoms. The van der Waals surface area contributed by atoms with E-state index in [0.717, 1.165) is 68.3 Å². The third kappa shape index (κ3) is 3.55. The first-order chi connectivity index (χ1) is 13.2. The second-order valence-electron chi connectivity index (χ2n) is 7.39. The lowest BCUT2D eigenvalue weighted by Gasteiger charge is -2.32. The summed E-state index contributed by atoms with van der Waals surface area (Å²) in [7, 11) is 1.58. The van der Waals surface area contributed by atoms with E-state index in [2.05, 4.69) is 17.1 Å². The number of likely N-dealkylation sites (tertiary alicyclic amines) is 1. The molecule has 0 radical (unpaired) electrons. The van der Waals surface area contributed by atoms with Crippen molar-refractivity contribution >= 4 is 16.6 Å². The minimum Gasteiger partial charge on any atom is -0.493 e. The smallest absolute Gasteiger partial charge is 0.228 e. The van der Waals surface area contributed by atoms with Crippen LogP contribution in [-0.2, 0) is 12.8 Å². The van der Waals surface area contributed by atoms with Gasteiger partial charge in [-0.2, -0.15) is 0 Å². The van der Waals surface area contributed by atoms with Gasteiger partial charge in [-0.05, 0) is 50.3 Å². The number of methoxy groups -OCH3 is 1. The van der Waals surface area contributed by atoms with Gasteiger partial charge in [0.05, 0.1) is 12.6 Å². The van der Waals surface area contributed by atoms with Gasteiger partial charge in [0.25, 0.3) is 0 Å². The molecule has 2 aliphatic rings. The number of ether oxygens (including phenoxy) is 2. The SMILES string of the molecule is CCN1CCC(Nc2c3c(nc4cc(OCF)c(OC)cc24)CCC3)CC1. The van der Waals surface area contributed by atoms with Gasteiger partial charge in [-0.15, -0.1) is 0 Å². The molecule has 0 amide bonds. The van der Waals surface area contributed by atoms with Crippen LogP contribution in [0.4, 0.5) is 10.1 Å². The van der Waals surface area contributed by atoms with Crippen LogP contribution in [0.25, 0.3) is 10.9 Å². The lowest BCUT2D eigenvalue weighted by atomic mass is 10.0. The molecule has 6 heteroatoms. The number of aromatic nitrogens is 1. The van der Waals surface area contributed by atoms with Crippen molar-refractivity contribution in [1.29, 1.82) is 0 Å². The zero-order valence-electron chi connectivity index (χ0n) is 16.2. The van der Waals surface area contributed by atoms with Gasteiger partial charge < -0.3 is 19.7 Å². The molecule has 1 saturated heterocycles. The maximum atomic E-state index is 12.7. The highest BCUT2D eigenvalue weighted by Gasteiger charge is 2.25. The van der Waals surface area contributed by atoms with E-state index in [9.17, 15) is 4.39 Å². The van der Waals surface area contributed by atoms with Gasteiger partial charge in [0.2, 0.25) is 6.86 Å². The quantitative estimate of drug-likeness (QED) is 0.831. The van der Waals surface area contributed by atoms with Crippen molar-refractivity contribution in [2.45, 2.75) is 45.1 Å². The minimum atomic E-state index is -0.881. The van der Waals surface area contributed by atoms with Crippen LogP contribution in [-0.4, -0.2) is 49.5 Å². The Bertz CT molecular complexity index is 819. The number of nitrogens with one attached hydrogen (secondary N) is 1. The molecule has 1 aromatic carbocycles. The summed E-state index contributed by atoms with van der Waals surface area (Å²) in [6, 6.07) is 4.21. The molecule has 0 atom stereocenters. The van der Waals surface area contributed by atoms with Crippen molar-refractivity contribution in [3.05, 3.63) is 23.4 Å². The average Bonchev–Trinajstić information content (AvgIpc) is 3.16. The Kier molecular flexibility index (Phi) is 5.34. The van der Waals surface area contributed by atoms with Crippen molar-refractivity contribution in [3.63, 3.8) is 0 Å². The monoisotopic (exact) mass is 373 g/mol. The van der Waals surface area contributed by atoms with Gasteiger partial charge in [0.15, 0.2) is 11.5 Å². The lowest BCUT2D eigenvalue weighted by molar-refractivity contribution is 0.185.